The second-order valence-electron chi connectivity index (χ2n) is 5.53. The van der Waals surface area contributed by atoms with Crippen molar-refractivity contribution in [2.24, 2.45) is 7.05 Å². The van der Waals surface area contributed by atoms with Crippen molar-refractivity contribution in [3.8, 4) is 0 Å². The number of carbonyl (C=O) groups excluding carboxylic acids is 1. The van der Waals surface area contributed by atoms with E-state index in [1.54, 1.807) is 36.3 Å². The first-order chi connectivity index (χ1) is 11.2. The number of aromatic nitrogens is 2. The largest absolute Gasteiger partial charge is 0.349 e. The molecule has 0 aliphatic rings. The first kappa shape index (κ1) is 18.6. The number of sulfonamides is 1. The SMILES string of the molecule is CCN(Cc1cnn(C)c1)S(=O)(=O)c1ccc([C@H](C)NC(C)=O)s1. The van der Waals surface area contributed by atoms with Crippen LogP contribution in [0.5, 0.6) is 0 Å². The molecule has 24 heavy (non-hydrogen) atoms. The maximum atomic E-state index is 12.9. The van der Waals surface area contributed by atoms with E-state index < -0.39 is 10.0 Å². The summed E-state index contributed by atoms with van der Waals surface area (Å²) in [5.74, 6) is -0.146. The fraction of sp³-hybridized carbons (Fsp3) is 0.467. The number of rotatable bonds is 7. The summed E-state index contributed by atoms with van der Waals surface area (Å²) in [6.07, 6.45) is 3.47. The van der Waals surface area contributed by atoms with Crippen LogP contribution in [0, 0.1) is 0 Å². The van der Waals surface area contributed by atoms with Gasteiger partial charge in [0.15, 0.2) is 0 Å². The summed E-state index contributed by atoms with van der Waals surface area (Å²) in [5, 5.41) is 6.83. The van der Waals surface area contributed by atoms with Crippen LogP contribution in [-0.4, -0.2) is 35.0 Å². The summed E-state index contributed by atoms with van der Waals surface area (Å²) in [7, 11) is -1.78. The molecule has 9 heteroatoms. The van der Waals surface area contributed by atoms with Crippen LogP contribution in [0.25, 0.3) is 0 Å². The van der Waals surface area contributed by atoms with Gasteiger partial charge >= 0.3 is 0 Å². The van der Waals surface area contributed by atoms with Crippen LogP contribution in [0.3, 0.4) is 0 Å². The van der Waals surface area contributed by atoms with Gasteiger partial charge in [0.1, 0.15) is 4.21 Å². The molecule has 2 aromatic heterocycles. The lowest BCUT2D eigenvalue weighted by molar-refractivity contribution is -0.119. The molecule has 0 aromatic carbocycles. The molecular formula is C15H22N4O3S2. The molecule has 1 N–H and O–H groups in total. The molecule has 1 atom stereocenters. The summed E-state index contributed by atoms with van der Waals surface area (Å²) in [6.45, 7) is 5.72. The molecule has 0 bridgehead atoms. The molecule has 0 radical (unpaired) electrons. The third-order valence-corrected chi connectivity index (χ3v) is 7.17. The highest BCUT2D eigenvalue weighted by molar-refractivity contribution is 7.91. The van der Waals surface area contributed by atoms with Crippen LogP contribution in [0.2, 0.25) is 0 Å². The van der Waals surface area contributed by atoms with Gasteiger partial charge < -0.3 is 5.32 Å². The zero-order valence-corrected chi connectivity index (χ0v) is 15.8. The first-order valence-corrected chi connectivity index (χ1v) is 9.84. The molecule has 2 rings (SSSR count). The number of amides is 1. The van der Waals surface area contributed by atoms with E-state index in [0.29, 0.717) is 6.54 Å². The van der Waals surface area contributed by atoms with Crippen molar-refractivity contribution in [2.75, 3.05) is 6.54 Å². The van der Waals surface area contributed by atoms with Gasteiger partial charge in [0, 0.05) is 43.7 Å². The van der Waals surface area contributed by atoms with Gasteiger partial charge in [0.2, 0.25) is 5.91 Å². The summed E-state index contributed by atoms with van der Waals surface area (Å²) >= 11 is 1.18. The third-order valence-electron chi connectivity index (χ3n) is 3.51. The molecule has 0 saturated heterocycles. The van der Waals surface area contributed by atoms with Crippen molar-refractivity contribution in [1.82, 2.24) is 19.4 Å². The second-order valence-corrected chi connectivity index (χ2v) is 8.81. The molecule has 0 saturated carbocycles. The Balaban J connectivity index is 2.21. The second kappa shape index (κ2) is 7.45. The van der Waals surface area contributed by atoms with E-state index >= 15 is 0 Å². The van der Waals surface area contributed by atoms with E-state index in [-0.39, 0.29) is 22.7 Å². The van der Waals surface area contributed by atoms with Crippen molar-refractivity contribution in [3.63, 3.8) is 0 Å². The monoisotopic (exact) mass is 370 g/mol. The van der Waals surface area contributed by atoms with Gasteiger partial charge in [-0.3, -0.25) is 9.48 Å². The van der Waals surface area contributed by atoms with Crippen LogP contribution in [-0.2, 0) is 28.4 Å². The highest BCUT2D eigenvalue weighted by Crippen LogP contribution is 2.29. The van der Waals surface area contributed by atoms with Gasteiger partial charge in [-0.05, 0) is 19.1 Å². The fourth-order valence-corrected chi connectivity index (χ4v) is 5.25. The van der Waals surface area contributed by atoms with Crippen molar-refractivity contribution >= 4 is 27.3 Å². The van der Waals surface area contributed by atoms with E-state index in [1.165, 1.54) is 22.6 Å². The number of aryl methyl sites for hydroxylation is 1. The average molecular weight is 371 g/mol. The number of thiophene rings is 1. The van der Waals surface area contributed by atoms with E-state index in [0.717, 1.165) is 10.4 Å². The molecule has 0 spiro atoms. The normalized spacial score (nSPS) is 13.2. The Morgan fingerprint density at radius 1 is 1.46 bits per heavy atom. The van der Waals surface area contributed by atoms with Gasteiger partial charge in [-0.2, -0.15) is 9.40 Å². The van der Waals surface area contributed by atoms with Gasteiger partial charge in [0.25, 0.3) is 10.0 Å². The maximum Gasteiger partial charge on any atom is 0.252 e. The molecule has 0 fully saturated rings. The Morgan fingerprint density at radius 3 is 2.71 bits per heavy atom. The van der Waals surface area contributed by atoms with E-state index in [1.807, 2.05) is 13.8 Å². The Labute approximate surface area is 146 Å². The van der Waals surface area contributed by atoms with Crippen LogP contribution >= 0.6 is 11.3 Å². The number of nitrogens with zero attached hydrogens (tertiary/aromatic N) is 3. The Hall–Kier alpha value is -1.71. The molecule has 0 aliphatic heterocycles. The van der Waals surface area contributed by atoms with Crippen molar-refractivity contribution in [3.05, 3.63) is 35.0 Å². The molecule has 7 nitrogen and oxygen atoms in total. The van der Waals surface area contributed by atoms with E-state index in [4.69, 9.17) is 0 Å². The highest BCUT2D eigenvalue weighted by atomic mass is 32.2. The summed E-state index contributed by atoms with van der Waals surface area (Å²) in [4.78, 5) is 12.0. The minimum atomic E-state index is -3.58. The predicted molar refractivity (Wildman–Crippen MR) is 93.0 cm³/mol. The van der Waals surface area contributed by atoms with Crippen LogP contribution in [0.1, 0.15) is 37.3 Å². The molecule has 1 amide bonds. The van der Waals surface area contributed by atoms with Crippen molar-refractivity contribution in [2.45, 2.75) is 37.6 Å². The average Bonchev–Trinajstić information content (AvgIpc) is 3.13. The van der Waals surface area contributed by atoms with Gasteiger partial charge in [-0.15, -0.1) is 11.3 Å². The standard InChI is InChI=1S/C15H22N4O3S2/c1-5-19(10-13-8-16-18(4)9-13)24(21,22)15-7-6-14(23-15)11(2)17-12(3)20/h6-9,11H,5,10H2,1-4H3,(H,17,20)/t11-/m0/s1. The van der Waals surface area contributed by atoms with Crippen molar-refractivity contribution in [1.29, 1.82) is 0 Å². The maximum absolute atomic E-state index is 12.9. The zero-order chi connectivity index (χ0) is 17.9. The summed E-state index contributed by atoms with van der Waals surface area (Å²) in [5.41, 5.74) is 0.839. The molecule has 0 aliphatic carbocycles. The van der Waals surface area contributed by atoms with Gasteiger partial charge in [-0.1, -0.05) is 6.92 Å². The molecule has 2 aromatic rings. The lowest BCUT2D eigenvalue weighted by atomic mass is 10.3. The Kier molecular flexibility index (Phi) is 5.79. The molecule has 132 valence electrons. The minimum Gasteiger partial charge on any atom is -0.349 e. The lowest BCUT2D eigenvalue weighted by Crippen LogP contribution is -2.29. The zero-order valence-electron chi connectivity index (χ0n) is 14.2. The molecule has 2 heterocycles. The smallest absolute Gasteiger partial charge is 0.252 e. The van der Waals surface area contributed by atoms with Crippen LogP contribution < -0.4 is 5.32 Å². The lowest BCUT2D eigenvalue weighted by Gasteiger charge is -2.18. The molecule has 0 unspecified atom stereocenters. The van der Waals surface area contributed by atoms with Crippen molar-refractivity contribution < 1.29 is 13.2 Å². The first-order valence-electron chi connectivity index (χ1n) is 7.58. The minimum absolute atomic E-state index is 0.146. The number of nitrogens with one attached hydrogen (secondary N) is 1. The van der Waals surface area contributed by atoms with E-state index in [2.05, 4.69) is 10.4 Å². The quantitative estimate of drug-likeness (QED) is 0.807. The van der Waals surface area contributed by atoms with E-state index in [9.17, 15) is 13.2 Å². The van der Waals surface area contributed by atoms with Crippen LogP contribution in [0.15, 0.2) is 28.7 Å². The summed E-state index contributed by atoms with van der Waals surface area (Å²) < 4.78 is 29.1. The van der Waals surface area contributed by atoms with Gasteiger partial charge in [0.05, 0.1) is 12.2 Å². The predicted octanol–water partition coefficient (Wildman–Crippen LogP) is 1.89. The number of carbonyl (C=O) groups is 1. The van der Waals surface area contributed by atoms with Crippen LogP contribution in [0.4, 0.5) is 0 Å². The topological polar surface area (TPSA) is 84.3 Å². The summed E-state index contributed by atoms with van der Waals surface area (Å²) in [6, 6.07) is 3.13. The molecular weight excluding hydrogens is 348 g/mol. The fourth-order valence-electron chi connectivity index (χ4n) is 2.33. The number of hydrogen-bond donors (Lipinski definition) is 1. The Bertz CT molecular complexity index is 810. The highest BCUT2D eigenvalue weighted by Gasteiger charge is 2.26. The van der Waals surface area contributed by atoms with Gasteiger partial charge in [-0.25, -0.2) is 8.42 Å². The number of hydrogen-bond acceptors (Lipinski definition) is 5. The Morgan fingerprint density at radius 2 is 2.17 bits per heavy atom. The third kappa shape index (κ3) is 4.22.